The molecule has 0 amide bonds. The van der Waals surface area contributed by atoms with Gasteiger partial charge in [-0.05, 0) is 77.0 Å². The van der Waals surface area contributed by atoms with Crippen molar-refractivity contribution in [3.8, 4) is 0 Å². The lowest BCUT2D eigenvalue weighted by Crippen LogP contribution is -2.29. The molecule has 0 heterocycles. The van der Waals surface area contributed by atoms with Crippen molar-refractivity contribution in [1.29, 1.82) is 0 Å². The predicted molar refractivity (Wildman–Crippen MR) is 233 cm³/mol. The topological polar surface area (TPSA) is 132 Å². The normalized spacial score (nSPS) is 14.4. The monoisotopic (exact) mass is 813 g/mol. The Morgan fingerprint density at radius 3 is 1.48 bits per heavy atom. The minimum atomic E-state index is -4.52. The summed E-state index contributed by atoms with van der Waals surface area (Å²) in [5.74, 6) is -0.396. The number of unbranched alkanes of at least 4 members (excludes halogenated alkanes) is 21. The number of rotatable bonds is 43. The van der Waals surface area contributed by atoms with E-state index in [0.717, 1.165) is 70.6 Å². The highest BCUT2D eigenvalue weighted by atomic mass is 31.2. The molecule has 0 rings (SSSR count). The fourth-order valence-electron chi connectivity index (χ4n) is 6.00. The van der Waals surface area contributed by atoms with Gasteiger partial charge in [-0.15, -0.1) is 0 Å². The highest BCUT2D eigenvalue weighted by Crippen LogP contribution is 2.43. The van der Waals surface area contributed by atoms with Gasteiger partial charge in [-0.25, -0.2) is 4.57 Å². The summed E-state index contributed by atoms with van der Waals surface area (Å²) in [4.78, 5) is 22.6. The van der Waals surface area contributed by atoms with E-state index in [2.05, 4.69) is 62.5 Å². The highest BCUT2D eigenvalue weighted by molar-refractivity contribution is 7.47. The van der Waals surface area contributed by atoms with Crippen LogP contribution in [0.1, 0.15) is 194 Å². The van der Waals surface area contributed by atoms with Crippen LogP contribution in [0, 0.1) is 0 Å². The lowest BCUT2D eigenvalue weighted by molar-refractivity contribution is -0.154. The van der Waals surface area contributed by atoms with Crippen molar-refractivity contribution < 1.29 is 43.0 Å². The van der Waals surface area contributed by atoms with E-state index in [9.17, 15) is 19.4 Å². The summed E-state index contributed by atoms with van der Waals surface area (Å²) >= 11 is 0. The lowest BCUT2D eigenvalue weighted by atomic mass is 10.1. The minimum absolute atomic E-state index is 0.0384. The first-order valence-corrected chi connectivity index (χ1v) is 24.1. The molecule has 0 aliphatic heterocycles. The van der Waals surface area contributed by atoms with Gasteiger partial charge in [-0.1, -0.05) is 159 Å². The van der Waals surface area contributed by atoms with Gasteiger partial charge in [-0.3, -0.25) is 13.8 Å². The minimum Gasteiger partial charge on any atom is -0.457 e. The SMILES string of the molecule is CCCCCC/C=C\CCCCCCCC(=O)OC(COCCCCCCCCC/C=C\C/C=C\C/C=C\CCCCCCC)COP(=O)(O)OCC(O)CO. The molecule has 0 aliphatic carbocycles. The van der Waals surface area contributed by atoms with Crippen LogP contribution in [0.3, 0.4) is 0 Å². The molecule has 328 valence electrons. The number of aliphatic hydroxyl groups excluding tert-OH is 2. The summed E-state index contributed by atoms with van der Waals surface area (Å²) in [6.07, 6.45) is 47.8. The third-order valence-electron chi connectivity index (χ3n) is 9.49. The van der Waals surface area contributed by atoms with Crippen molar-refractivity contribution in [1.82, 2.24) is 0 Å². The zero-order valence-corrected chi connectivity index (χ0v) is 36.7. The third kappa shape index (κ3) is 42.0. The number of aliphatic hydroxyl groups is 2. The van der Waals surface area contributed by atoms with Crippen molar-refractivity contribution in [2.45, 2.75) is 206 Å². The van der Waals surface area contributed by atoms with Gasteiger partial charge in [0.25, 0.3) is 0 Å². The number of ether oxygens (including phenoxy) is 2. The summed E-state index contributed by atoms with van der Waals surface area (Å²) in [6.45, 7) is 3.46. The summed E-state index contributed by atoms with van der Waals surface area (Å²) in [6, 6.07) is 0. The predicted octanol–water partition coefficient (Wildman–Crippen LogP) is 12.6. The van der Waals surface area contributed by atoms with Crippen molar-refractivity contribution in [2.24, 2.45) is 0 Å². The maximum absolute atomic E-state index is 12.6. The van der Waals surface area contributed by atoms with E-state index < -0.39 is 39.2 Å². The molecule has 0 fully saturated rings. The van der Waals surface area contributed by atoms with E-state index >= 15 is 0 Å². The van der Waals surface area contributed by atoms with Crippen molar-refractivity contribution >= 4 is 13.8 Å². The molecule has 9 nitrogen and oxygen atoms in total. The Hall–Kier alpha value is -1.58. The fourth-order valence-corrected chi connectivity index (χ4v) is 6.79. The number of allylic oxidation sites excluding steroid dienone is 8. The summed E-state index contributed by atoms with van der Waals surface area (Å²) in [5, 5.41) is 18.3. The van der Waals surface area contributed by atoms with Gasteiger partial charge in [0, 0.05) is 13.0 Å². The van der Waals surface area contributed by atoms with Crippen molar-refractivity contribution in [3.05, 3.63) is 48.6 Å². The maximum Gasteiger partial charge on any atom is 0.472 e. The third-order valence-corrected chi connectivity index (χ3v) is 10.4. The molecule has 0 bridgehead atoms. The molecule has 0 aromatic carbocycles. The van der Waals surface area contributed by atoms with Gasteiger partial charge in [0.2, 0.25) is 0 Å². The Morgan fingerprint density at radius 2 is 0.964 bits per heavy atom. The van der Waals surface area contributed by atoms with Crippen LogP contribution in [0.2, 0.25) is 0 Å². The van der Waals surface area contributed by atoms with Crippen LogP contribution in [0.25, 0.3) is 0 Å². The number of hydrogen-bond donors (Lipinski definition) is 3. The summed E-state index contributed by atoms with van der Waals surface area (Å²) in [5.41, 5.74) is 0. The van der Waals surface area contributed by atoms with Crippen LogP contribution < -0.4 is 0 Å². The van der Waals surface area contributed by atoms with Gasteiger partial charge in [0.1, 0.15) is 12.2 Å². The van der Waals surface area contributed by atoms with Gasteiger partial charge in [-0.2, -0.15) is 0 Å². The molecule has 0 spiro atoms. The van der Waals surface area contributed by atoms with Crippen LogP contribution >= 0.6 is 7.82 Å². The number of carbonyl (C=O) groups is 1. The van der Waals surface area contributed by atoms with E-state index in [1.165, 1.54) is 96.3 Å². The molecule has 3 N–H and O–H groups in total. The first kappa shape index (κ1) is 54.4. The zero-order valence-electron chi connectivity index (χ0n) is 35.8. The molecule has 0 aromatic rings. The van der Waals surface area contributed by atoms with E-state index in [0.29, 0.717) is 13.0 Å². The Labute approximate surface area is 343 Å². The Morgan fingerprint density at radius 1 is 0.554 bits per heavy atom. The van der Waals surface area contributed by atoms with E-state index in [4.69, 9.17) is 23.6 Å². The molecule has 10 heteroatoms. The average molecular weight is 813 g/mol. The molecule has 0 radical (unpaired) electrons. The average Bonchev–Trinajstić information content (AvgIpc) is 3.19. The first-order chi connectivity index (χ1) is 27.3. The molecule has 0 saturated heterocycles. The first-order valence-electron chi connectivity index (χ1n) is 22.6. The molecule has 3 unspecified atom stereocenters. The standard InChI is InChI=1S/C46H85O9P/c1-3-5-7-9-11-13-15-17-18-19-20-21-22-23-24-25-27-29-31-33-35-37-39-52-42-45(43-54-56(50,51)53-41-44(48)40-47)55-46(49)38-36-34-32-30-28-26-16-14-12-10-8-6-4-2/h14-17,19-20,22-23,44-45,47-48H,3-13,18,21,24-43H2,1-2H3,(H,50,51)/b16-14-,17-15-,20-19-,23-22-. The van der Waals surface area contributed by atoms with Gasteiger partial charge in [0.05, 0.1) is 26.4 Å². The second-order valence-corrected chi connectivity index (χ2v) is 16.5. The Kier molecular flexibility index (Phi) is 41.8. The number of esters is 1. The summed E-state index contributed by atoms with van der Waals surface area (Å²) < 4.78 is 33.4. The zero-order chi connectivity index (χ0) is 41.1. The molecule has 56 heavy (non-hydrogen) atoms. The molecular formula is C46H85O9P. The number of phosphoric ester groups is 1. The molecule has 0 aliphatic rings. The number of phosphoric acid groups is 1. The Balaban J connectivity index is 4.15. The molecular weight excluding hydrogens is 727 g/mol. The molecule has 3 atom stereocenters. The Bertz CT molecular complexity index is 1010. The molecule has 0 saturated carbocycles. The second-order valence-electron chi connectivity index (χ2n) is 15.1. The second kappa shape index (κ2) is 43.0. The largest absolute Gasteiger partial charge is 0.472 e. The number of hydrogen-bond acceptors (Lipinski definition) is 8. The van der Waals surface area contributed by atoms with Crippen LogP contribution in [0.15, 0.2) is 48.6 Å². The lowest BCUT2D eigenvalue weighted by Gasteiger charge is -2.20. The summed E-state index contributed by atoms with van der Waals surface area (Å²) in [7, 11) is -4.52. The smallest absolute Gasteiger partial charge is 0.457 e. The highest BCUT2D eigenvalue weighted by Gasteiger charge is 2.26. The van der Waals surface area contributed by atoms with Crippen LogP contribution in [0.5, 0.6) is 0 Å². The number of carbonyl (C=O) groups excluding carboxylic acids is 1. The van der Waals surface area contributed by atoms with E-state index in [1.807, 2.05) is 0 Å². The van der Waals surface area contributed by atoms with Crippen molar-refractivity contribution in [2.75, 3.05) is 33.0 Å². The van der Waals surface area contributed by atoms with Crippen molar-refractivity contribution in [3.63, 3.8) is 0 Å². The van der Waals surface area contributed by atoms with Crippen LogP contribution in [0.4, 0.5) is 0 Å². The fraction of sp³-hybridized carbons (Fsp3) is 0.804. The van der Waals surface area contributed by atoms with Gasteiger partial charge < -0.3 is 24.6 Å². The quantitative estimate of drug-likeness (QED) is 0.0238. The van der Waals surface area contributed by atoms with Gasteiger partial charge >= 0.3 is 13.8 Å². The van der Waals surface area contributed by atoms with Gasteiger partial charge in [0.15, 0.2) is 0 Å². The van der Waals surface area contributed by atoms with Crippen LogP contribution in [-0.2, 0) is 27.9 Å². The van der Waals surface area contributed by atoms with E-state index in [1.54, 1.807) is 0 Å². The van der Waals surface area contributed by atoms with Crippen LogP contribution in [-0.4, -0.2) is 66.3 Å². The van der Waals surface area contributed by atoms with E-state index in [-0.39, 0.29) is 19.6 Å². The maximum atomic E-state index is 12.6. The molecule has 0 aromatic heterocycles.